The maximum absolute atomic E-state index is 12.6. The Morgan fingerprint density at radius 3 is 2.82 bits per heavy atom. The number of carbonyl (C=O) groups is 1. The molecule has 3 aromatic rings. The first-order chi connectivity index (χ1) is 13.6. The Morgan fingerprint density at radius 2 is 2.04 bits per heavy atom. The average molecular weight is 415 g/mol. The lowest BCUT2D eigenvalue weighted by Gasteiger charge is -2.37. The SMILES string of the molecule is O=C(CN1CCn2cccc2C1c1ccc(Cl)c(Cl)c1)NCc1cccnc1. The van der Waals surface area contributed by atoms with Gasteiger partial charge in [0, 0.05) is 43.9 Å². The van der Waals surface area contributed by atoms with Gasteiger partial charge in [0.15, 0.2) is 0 Å². The molecule has 0 spiro atoms. The normalized spacial score (nSPS) is 16.6. The van der Waals surface area contributed by atoms with Gasteiger partial charge in [-0.25, -0.2) is 0 Å². The van der Waals surface area contributed by atoms with E-state index in [0.717, 1.165) is 29.9 Å². The summed E-state index contributed by atoms with van der Waals surface area (Å²) in [5.74, 6) is -0.0195. The number of rotatable bonds is 5. The van der Waals surface area contributed by atoms with E-state index in [1.165, 1.54) is 0 Å². The molecule has 28 heavy (non-hydrogen) atoms. The molecule has 1 N–H and O–H groups in total. The second-order valence-electron chi connectivity index (χ2n) is 6.81. The van der Waals surface area contributed by atoms with E-state index in [2.05, 4.69) is 32.0 Å². The van der Waals surface area contributed by atoms with Crippen LogP contribution in [0.15, 0.2) is 61.1 Å². The largest absolute Gasteiger partial charge is 0.351 e. The molecule has 144 valence electrons. The summed E-state index contributed by atoms with van der Waals surface area (Å²) in [5.41, 5.74) is 3.14. The van der Waals surface area contributed by atoms with Crippen molar-refractivity contribution in [1.82, 2.24) is 19.8 Å². The third-order valence-electron chi connectivity index (χ3n) is 4.96. The van der Waals surface area contributed by atoms with Gasteiger partial charge in [0.25, 0.3) is 0 Å². The summed E-state index contributed by atoms with van der Waals surface area (Å²) in [6.07, 6.45) is 5.54. The summed E-state index contributed by atoms with van der Waals surface area (Å²) in [6, 6.07) is 13.5. The van der Waals surface area contributed by atoms with Crippen LogP contribution in [0.1, 0.15) is 22.9 Å². The van der Waals surface area contributed by atoms with E-state index in [4.69, 9.17) is 23.2 Å². The molecular formula is C21H20Cl2N4O. The molecule has 1 aliphatic rings. The van der Waals surface area contributed by atoms with Gasteiger partial charge >= 0.3 is 0 Å². The number of pyridine rings is 1. The molecular weight excluding hydrogens is 395 g/mol. The average Bonchev–Trinajstić information content (AvgIpc) is 3.18. The number of hydrogen-bond acceptors (Lipinski definition) is 3. The van der Waals surface area contributed by atoms with Crippen LogP contribution in [0, 0.1) is 0 Å². The van der Waals surface area contributed by atoms with Gasteiger partial charge in [0.2, 0.25) is 5.91 Å². The first-order valence-corrected chi connectivity index (χ1v) is 9.87. The lowest BCUT2D eigenvalue weighted by atomic mass is 10.00. The summed E-state index contributed by atoms with van der Waals surface area (Å²) >= 11 is 12.4. The highest BCUT2D eigenvalue weighted by Gasteiger charge is 2.30. The standard InChI is InChI=1S/C21H20Cl2N4O/c22-17-6-5-16(11-18(17)23)21-19-4-2-8-26(19)9-10-27(21)14-20(28)25-13-15-3-1-7-24-12-15/h1-8,11-12,21H,9-10,13-14H2,(H,25,28). The molecule has 1 amide bonds. The van der Waals surface area contributed by atoms with E-state index in [1.807, 2.05) is 36.4 Å². The molecule has 1 aliphatic heterocycles. The van der Waals surface area contributed by atoms with Crippen molar-refractivity contribution in [2.24, 2.45) is 0 Å². The van der Waals surface area contributed by atoms with Crippen molar-refractivity contribution in [3.63, 3.8) is 0 Å². The maximum Gasteiger partial charge on any atom is 0.234 e. The Balaban J connectivity index is 1.53. The van der Waals surface area contributed by atoms with Crippen LogP contribution >= 0.6 is 23.2 Å². The molecule has 2 aromatic heterocycles. The van der Waals surface area contributed by atoms with Gasteiger partial charge in [-0.15, -0.1) is 0 Å². The van der Waals surface area contributed by atoms with E-state index >= 15 is 0 Å². The van der Waals surface area contributed by atoms with E-state index in [9.17, 15) is 4.79 Å². The number of aromatic nitrogens is 2. The van der Waals surface area contributed by atoms with Crippen molar-refractivity contribution >= 4 is 29.1 Å². The van der Waals surface area contributed by atoms with Gasteiger partial charge in [0.05, 0.1) is 22.6 Å². The predicted octanol–water partition coefficient (Wildman–Crippen LogP) is 3.91. The molecule has 0 radical (unpaired) electrons. The number of amides is 1. The highest BCUT2D eigenvalue weighted by Crippen LogP contribution is 2.35. The molecule has 0 saturated carbocycles. The van der Waals surface area contributed by atoms with Crippen molar-refractivity contribution in [3.8, 4) is 0 Å². The number of hydrogen-bond donors (Lipinski definition) is 1. The Bertz CT molecular complexity index is 974. The molecule has 1 aromatic carbocycles. The summed E-state index contributed by atoms with van der Waals surface area (Å²) < 4.78 is 2.22. The molecule has 1 unspecified atom stereocenters. The van der Waals surface area contributed by atoms with Gasteiger partial charge in [-0.05, 0) is 41.5 Å². The monoisotopic (exact) mass is 414 g/mol. The number of carbonyl (C=O) groups excluding carboxylic acids is 1. The van der Waals surface area contributed by atoms with Gasteiger partial charge in [0.1, 0.15) is 0 Å². The zero-order valence-electron chi connectivity index (χ0n) is 15.2. The number of fused-ring (bicyclic) bond motifs is 1. The maximum atomic E-state index is 12.6. The van der Waals surface area contributed by atoms with Crippen LogP contribution in [-0.2, 0) is 17.9 Å². The van der Waals surface area contributed by atoms with E-state index in [1.54, 1.807) is 12.4 Å². The molecule has 3 heterocycles. The Labute approximate surface area is 173 Å². The van der Waals surface area contributed by atoms with Crippen LogP contribution in [0.2, 0.25) is 10.0 Å². The first kappa shape index (κ1) is 19.0. The van der Waals surface area contributed by atoms with Crippen molar-refractivity contribution < 1.29 is 4.79 Å². The van der Waals surface area contributed by atoms with Crippen LogP contribution in [0.25, 0.3) is 0 Å². The summed E-state index contributed by atoms with van der Waals surface area (Å²) in [6.45, 7) is 2.38. The lowest BCUT2D eigenvalue weighted by molar-refractivity contribution is -0.123. The van der Waals surface area contributed by atoms with Crippen LogP contribution in [0.5, 0.6) is 0 Å². The number of halogens is 2. The second-order valence-corrected chi connectivity index (χ2v) is 7.63. The molecule has 1 atom stereocenters. The summed E-state index contributed by atoms with van der Waals surface area (Å²) in [7, 11) is 0. The van der Waals surface area contributed by atoms with Crippen LogP contribution in [0.3, 0.4) is 0 Å². The predicted molar refractivity (Wildman–Crippen MR) is 110 cm³/mol. The molecule has 0 bridgehead atoms. The zero-order chi connectivity index (χ0) is 19.5. The van der Waals surface area contributed by atoms with Crippen molar-refractivity contribution in [1.29, 1.82) is 0 Å². The smallest absolute Gasteiger partial charge is 0.234 e. The Kier molecular flexibility index (Phi) is 5.67. The Morgan fingerprint density at radius 1 is 1.14 bits per heavy atom. The lowest BCUT2D eigenvalue weighted by Crippen LogP contribution is -2.44. The topological polar surface area (TPSA) is 50.2 Å². The van der Waals surface area contributed by atoms with E-state index in [0.29, 0.717) is 23.1 Å². The van der Waals surface area contributed by atoms with Crippen LogP contribution < -0.4 is 5.32 Å². The van der Waals surface area contributed by atoms with E-state index in [-0.39, 0.29) is 11.9 Å². The Hall–Kier alpha value is -2.34. The third-order valence-corrected chi connectivity index (χ3v) is 5.70. The second kappa shape index (κ2) is 8.35. The molecule has 4 rings (SSSR count). The van der Waals surface area contributed by atoms with Crippen LogP contribution in [0.4, 0.5) is 0 Å². The number of benzene rings is 1. The quantitative estimate of drug-likeness (QED) is 0.688. The molecule has 0 fully saturated rings. The summed E-state index contributed by atoms with van der Waals surface area (Å²) in [5, 5.41) is 4.02. The minimum absolute atomic E-state index is 0.0195. The highest BCUT2D eigenvalue weighted by molar-refractivity contribution is 6.42. The van der Waals surface area contributed by atoms with Gasteiger partial charge in [-0.1, -0.05) is 35.3 Å². The third kappa shape index (κ3) is 4.07. The molecule has 5 nitrogen and oxygen atoms in total. The van der Waals surface area contributed by atoms with Crippen molar-refractivity contribution in [3.05, 3.63) is 87.9 Å². The van der Waals surface area contributed by atoms with E-state index < -0.39 is 0 Å². The minimum Gasteiger partial charge on any atom is -0.351 e. The highest BCUT2D eigenvalue weighted by atomic mass is 35.5. The fourth-order valence-electron chi connectivity index (χ4n) is 3.61. The van der Waals surface area contributed by atoms with Crippen molar-refractivity contribution in [2.45, 2.75) is 19.1 Å². The zero-order valence-corrected chi connectivity index (χ0v) is 16.7. The minimum atomic E-state index is -0.0531. The summed E-state index contributed by atoms with van der Waals surface area (Å²) in [4.78, 5) is 18.9. The fourth-order valence-corrected chi connectivity index (χ4v) is 3.92. The fraction of sp³-hybridized carbons (Fsp3) is 0.238. The molecule has 0 aliphatic carbocycles. The van der Waals surface area contributed by atoms with Gasteiger partial charge in [-0.3, -0.25) is 14.7 Å². The number of nitrogens with one attached hydrogen (secondary N) is 1. The molecule has 0 saturated heterocycles. The van der Waals surface area contributed by atoms with Gasteiger partial charge in [-0.2, -0.15) is 0 Å². The molecule has 7 heteroatoms. The van der Waals surface area contributed by atoms with Crippen LogP contribution in [-0.4, -0.2) is 33.4 Å². The van der Waals surface area contributed by atoms with Gasteiger partial charge < -0.3 is 9.88 Å². The number of nitrogens with zero attached hydrogens (tertiary/aromatic N) is 3. The van der Waals surface area contributed by atoms with Crippen molar-refractivity contribution in [2.75, 3.05) is 13.1 Å². The first-order valence-electron chi connectivity index (χ1n) is 9.11.